The van der Waals surface area contributed by atoms with Gasteiger partial charge in [-0.1, -0.05) is 31.4 Å². The SMILES string of the molecule is CCOc1ccc(/C=C/C(=O)O[C@H](C)C(=O)N(C)C2(C#N)CCCCC2)cc1. The van der Waals surface area contributed by atoms with Crippen LogP contribution in [-0.2, 0) is 14.3 Å². The van der Waals surface area contributed by atoms with Crippen LogP contribution in [0.5, 0.6) is 5.75 Å². The number of ether oxygens (including phenoxy) is 2. The van der Waals surface area contributed by atoms with Crippen molar-refractivity contribution in [1.29, 1.82) is 5.26 Å². The van der Waals surface area contributed by atoms with Crippen molar-refractivity contribution < 1.29 is 19.1 Å². The summed E-state index contributed by atoms with van der Waals surface area (Å²) in [5, 5.41) is 9.62. The Bertz CT molecular complexity index is 743. The molecule has 1 atom stereocenters. The van der Waals surface area contributed by atoms with Crippen LogP contribution < -0.4 is 4.74 Å². The van der Waals surface area contributed by atoms with Gasteiger partial charge >= 0.3 is 5.97 Å². The fourth-order valence-electron chi connectivity index (χ4n) is 3.41. The molecule has 6 nitrogen and oxygen atoms in total. The topological polar surface area (TPSA) is 79.6 Å². The molecule has 28 heavy (non-hydrogen) atoms. The summed E-state index contributed by atoms with van der Waals surface area (Å²) in [5.74, 6) is -0.192. The van der Waals surface area contributed by atoms with Gasteiger partial charge in [0.25, 0.3) is 5.91 Å². The lowest BCUT2D eigenvalue weighted by atomic mass is 9.81. The van der Waals surface area contributed by atoms with Crippen molar-refractivity contribution in [2.75, 3.05) is 13.7 Å². The van der Waals surface area contributed by atoms with Crippen molar-refractivity contribution in [2.24, 2.45) is 0 Å². The minimum absolute atomic E-state index is 0.355. The van der Waals surface area contributed by atoms with Gasteiger partial charge < -0.3 is 14.4 Å². The van der Waals surface area contributed by atoms with Gasteiger partial charge in [-0.3, -0.25) is 4.79 Å². The van der Waals surface area contributed by atoms with Gasteiger partial charge in [-0.15, -0.1) is 0 Å². The largest absolute Gasteiger partial charge is 0.494 e. The number of carbonyl (C=O) groups excluding carboxylic acids is 2. The molecule has 1 aromatic carbocycles. The van der Waals surface area contributed by atoms with Crippen molar-refractivity contribution in [3.63, 3.8) is 0 Å². The molecule has 0 unspecified atom stereocenters. The first-order valence-electron chi connectivity index (χ1n) is 9.72. The molecule has 1 aromatic rings. The highest BCUT2D eigenvalue weighted by molar-refractivity contribution is 5.90. The molecule has 1 aliphatic rings. The van der Waals surface area contributed by atoms with Crippen LogP contribution in [0.4, 0.5) is 0 Å². The maximum Gasteiger partial charge on any atom is 0.331 e. The van der Waals surface area contributed by atoms with Gasteiger partial charge in [0.15, 0.2) is 6.10 Å². The Labute approximate surface area is 166 Å². The molecule has 1 fully saturated rings. The molecule has 6 heteroatoms. The van der Waals surface area contributed by atoms with Crippen LogP contribution in [0.1, 0.15) is 51.5 Å². The first-order valence-corrected chi connectivity index (χ1v) is 9.72. The number of amides is 1. The van der Waals surface area contributed by atoms with E-state index in [1.165, 1.54) is 17.9 Å². The summed E-state index contributed by atoms with van der Waals surface area (Å²) < 4.78 is 10.6. The zero-order valence-electron chi connectivity index (χ0n) is 16.8. The molecule has 150 valence electrons. The average molecular weight is 384 g/mol. The van der Waals surface area contributed by atoms with Crippen LogP contribution in [0.3, 0.4) is 0 Å². The standard InChI is InChI=1S/C22H28N2O4/c1-4-27-19-11-8-18(9-12-19)10-13-20(25)28-17(2)21(26)24(3)22(16-23)14-6-5-7-15-22/h8-13,17H,4-7,14-15H2,1-3H3/b13-10+/t17-/m1/s1. The molecular formula is C22H28N2O4. The molecule has 0 N–H and O–H groups in total. The Morgan fingerprint density at radius 3 is 2.46 bits per heavy atom. The normalized spacial score (nSPS) is 16.8. The minimum Gasteiger partial charge on any atom is -0.494 e. The van der Waals surface area contributed by atoms with E-state index in [0.717, 1.165) is 30.6 Å². The number of nitrogens with zero attached hydrogens (tertiary/aromatic N) is 2. The fourth-order valence-corrected chi connectivity index (χ4v) is 3.41. The molecule has 0 spiro atoms. The van der Waals surface area contributed by atoms with E-state index in [1.807, 2.05) is 31.2 Å². The molecular weight excluding hydrogens is 356 g/mol. The van der Waals surface area contributed by atoms with E-state index in [-0.39, 0.29) is 5.91 Å². The van der Waals surface area contributed by atoms with Crippen molar-refractivity contribution in [3.8, 4) is 11.8 Å². The lowest BCUT2D eigenvalue weighted by molar-refractivity contribution is -0.157. The van der Waals surface area contributed by atoms with Gasteiger partial charge in [0, 0.05) is 13.1 Å². The van der Waals surface area contributed by atoms with Crippen LogP contribution in [-0.4, -0.2) is 42.1 Å². The quantitative estimate of drug-likeness (QED) is 0.529. The van der Waals surface area contributed by atoms with Crippen LogP contribution in [0.25, 0.3) is 6.08 Å². The molecule has 0 saturated heterocycles. The first kappa shape index (κ1) is 21.5. The molecule has 0 heterocycles. The Kier molecular flexibility index (Phi) is 7.62. The number of hydrogen-bond donors (Lipinski definition) is 0. The van der Waals surface area contributed by atoms with Gasteiger partial charge in [0.2, 0.25) is 0 Å². The van der Waals surface area contributed by atoms with Crippen LogP contribution >= 0.6 is 0 Å². The number of benzene rings is 1. The average Bonchev–Trinajstić information content (AvgIpc) is 2.72. The highest BCUT2D eigenvalue weighted by Crippen LogP contribution is 2.32. The number of likely N-dealkylation sites (N-methyl/N-ethyl adjacent to an activating group) is 1. The van der Waals surface area contributed by atoms with Gasteiger partial charge in [-0.05, 0) is 50.5 Å². The highest BCUT2D eigenvalue weighted by atomic mass is 16.5. The zero-order valence-corrected chi connectivity index (χ0v) is 16.8. The summed E-state index contributed by atoms with van der Waals surface area (Å²) in [6.07, 6.45) is 6.20. The van der Waals surface area contributed by atoms with E-state index < -0.39 is 17.6 Å². The number of hydrogen-bond acceptors (Lipinski definition) is 5. The molecule has 0 aromatic heterocycles. The van der Waals surface area contributed by atoms with Gasteiger partial charge in [-0.2, -0.15) is 5.26 Å². The molecule has 0 bridgehead atoms. The summed E-state index contributed by atoms with van der Waals surface area (Å²) in [6, 6.07) is 9.61. The van der Waals surface area contributed by atoms with Gasteiger partial charge in [0.1, 0.15) is 11.3 Å². The molecule has 0 aliphatic heterocycles. The summed E-state index contributed by atoms with van der Waals surface area (Å²) in [5.41, 5.74) is 0.0240. The third-order valence-corrected chi connectivity index (χ3v) is 5.11. The van der Waals surface area contributed by atoms with Crippen molar-refractivity contribution >= 4 is 18.0 Å². The molecule has 1 aliphatic carbocycles. The number of carbonyl (C=O) groups is 2. The predicted molar refractivity (Wildman–Crippen MR) is 106 cm³/mol. The third kappa shape index (κ3) is 5.35. The Balaban J connectivity index is 1.93. The monoisotopic (exact) mass is 384 g/mol. The lowest BCUT2D eigenvalue weighted by Crippen LogP contribution is -2.53. The maximum atomic E-state index is 12.7. The van der Waals surface area contributed by atoms with E-state index in [1.54, 1.807) is 13.1 Å². The van der Waals surface area contributed by atoms with Crippen molar-refractivity contribution in [3.05, 3.63) is 35.9 Å². The second kappa shape index (κ2) is 9.93. The van der Waals surface area contributed by atoms with Crippen molar-refractivity contribution in [2.45, 2.75) is 57.6 Å². The number of esters is 1. The zero-order chi connectivity index (χ0) is 20.6. The summed E-state index contributed by atoms with van der Waals surface area (Å²) >= 11 is 0. The Morgan fingerprint density at radius 2 is 1.89 bits per heavy atom. The van der Waals surface area contributed by atoms with E-state index in [9.17, 15) is 14.9 Å². The fraction of sp³-hybridized carbons (Fsp3) is 0.500. The third-order valence-electron chi connectivity index (χ3n) is 5.11. The van der Waals surface area contributed by atoms with Gasteiger partial charge in [-0.25, -0.2) is 4.79 Å². The maximum absolute atomic E-state index is 12.7. The number of rotatable bonds is 7. The van der Waals surface area contributed by atoms with Crippen molar-refractivity contribution in [1.82, 2.24) is 4.90 Å². The molecule has 0 radical (unpaired) electrons. The lowest BCUT2D eigenvalue weighted by Gasteiger charge is -2.39. The summed E-state index contributed by atoms with van der Waals surface area (Å²) in [7, 11) is 1.62. The molecule has 1 saturated carbocycles. The Morgan fingerprint density at radius 1 is 1.25 bits per heavy atom. The van der Waals surface area contributed by atoms with Crippen LogP contribution in [0.2, 0.25) is 0 Å². The first-order chi connectivity index (χ1) is 13.4. The van der Waals surface area contributed by atoms with E-state index in [4.69, 9.17) is 9.47 Å². The number of nitriles is 1. The smallest absolute Gasteiger partial charge is 0.331 e. The van der Waals surface area contributed by atoms with E-state index in [2.05, 4.69) is 6.07 Å². The van der Waals surface area contributed by atoms with Crippen LogP contribution in [0.15, 0.2) is 30.3 Å². The molecule has 1 amide bonds. The Hall–Kier alpha value is -2.81. The second-order valence-corrected chi connectivity index (χ2v) is 7.02. The van der Waals surface area contributed by atoms with E-state index in [0.29, 0.717) is 19.4 Å². The second-order valence-electron chi connectivity index (χ2n) is 7.02. The summed E-state index contributed by atoms with van der Waals surface area (Å²) in [4.78, 5) is 26.2. The van der Waals surface area contributed by atoms with E-state index >= 15 is 0 Å². The minimum atomic E-state index is -0.949. The van der Waals surface area contributed by atoms with Crippen LogP contribution in [0, 0.1) is 11.3 Å². The predicted octanol–water partition coefficient (Wildman–Crippen LogP) is 3.72. The highest BCUT2D eigenvalue weighted by Gasteiger charge is 2.40. The molecule has 2 rings (SSSR count). The summed E-state index contributed by atoms with van der Waals surface area (Å²) in [6.45, 7) is 4.04. The van der Waals surface area contributed by atoms with Gasteiger partial charge in [0.05, 0.1) is 12.7 Å².